The van der Waals surface area contributed by atoms with Crippen LogP contribution < -0.4 is 21.4 Å². The van der Waals surface area contributed by atoms with E-state index in [1.165, 1.54) is 58.3 Å². The van der Waals surface area contributed by atoms with Crippen LogP contribution >= 0.6 is 56.7 Å². The Morgan fingerprint density at radius 3 is 1.03 bits per heavy atom. The van der Waals surface area contributed by atoms with Gasteiger partial charge >= 0.3 is 18.5 Å². The second-order valence-corrected chi connectivity index (χ2v) is 68.7. The van der Waals surface area contributed by atoms with E-state index in [1.54, 1.807) is 133 Å². The smallest absolute Gasteiger partial charge is 0.428 e. The summed E-state index contributed by atoms with van der Waals surface area (Å²) in [6.45, 7) is 92.8. The van der Waals surface area contributed by atoms with Crippen LogP contribution in [0.1, 0.15) is 291 Å². The van der Waals surface area contributed by atoms with E-state index in [-0.39, 0.29) is 86.1 Å². The highest BCUT2D eigenvalue weighted by molar-refractivity contribution is 7.13. The molecule has 0 fully saturated rings. The summed E-state index contributed by atoms with van der Waals surface area (Å²) in [6.07, 6.45) is 7.33. The summed E-state index contributed by atoms with van der Waals surface area (Å²) in [5.74, 6) is -0.0118. The molecule has 5 aromatic heterocycles. The van der Waals surface area contributed by atoms with Crippen molar-refractivity contribution in [2.75, 3.05) is 93.9 Å². The summed E-state index contributed by atoms with van der Waals surface area (Å²) in [5, 5.41) is 30.8. The van der Waals surface area contributed by atoms with E-state index in [1.807, 2.05) is 38.3 Å². The third kappa shape index (κ3) is 38.5. The summed E-state index contributed by atoms with van der Waals surface area (Å²) >= 11 is 7.77. The molecule has 0 spiro atoms. The lowest BCUT2D eigenvalue weighted by Gasteiger charge is -2.39. The first kappa shape index (κ1) is 131. The standard InChI is InChI=1S/C20H33BN3O4SSi.C19H31BN3O4SSi.C19H33N3O3SSi.C18H30N4O2SSi.C13H19N3O3S.C10H18O5/c1-9-10-27-23(6)15-11-24(21-13-25)18(14(2)26)17-19(15)29-16(22-17)12-28-30(7,8)20(3,4)5;1-8-9-26-22-14-10-23(20-12-24)17(13(2)25)16-18(14)28-15(21-16)11-27-29(6,7)19(3,4)5;1-9-10-24-22(6)14-11-20-16(13(2)23)17-18(14)26-15(21-17)12-25-27(7,8)19(3,4)5;1-9-10-23-22(6)13-11-20-17(19-5)15-16(13)25-14(21-15)12-24-26(7,8)18(2,3)4;1-4-5-19-16(3)9-6-14-11(8(2)18)12-13(9)20-10(7-17)15-12;1-9(2,3)14-7(11)13-8(12)15-10(4,5)6/h9,13,15,18H,1,10-12H2,2-8H3;8,12,14,17,22H,1,9-11H2,2-7H3;9,14,16,20H,1,10-12H2,2-8H3;9,13,17,20H,1,10-12H2,2-4,6-8H3;4,9,11,14,17H,1,5-7H2,2-3H3;1-6H3. The molecule has 5 aromatic rings. The van der Waals surface area contributed by atoms with E-state index < -0.39 is 81.1 Å². The number of ketones is 4. The predicted molar refractivity (Wildman–Crippen MR) is 592 cm³/mol. The van der Waals surface area contributed by atoms with Gasteiger partial charge in [0.1, 0.15) is 60.4 Å². The fourth-order valence-corrected chi connectivity index (χ4v) is 23.6. The van der Waals surface area contributed by atoms with Crippen molar-refractivity contribution in [3.05, 3.63) is 153 Å². The number of carbonyl (C=O) groups is 8. The highest BCUT2D eigenvalue weighted by Crippen LogP contribution is 2.48. The number of hydroxylamine groups is 9. The number of nitrogens with one attached hydrogen (secondary N) is 4. The lowest BCUT2D eigenvalue weighted by Crippen LogP contribution is -2.47. The molecular weight excluding hydrogens is 2040 g/mol. The van der Waals surface area contributed by atoms with Gasteiger partial charge in [-0.05, 0) is 142 Å². The molecule has 147 heavy (non-hydrogen) atoms. The van der Waals surface area contributed by atoms with Crippen molar-refractivity contribution >= 4 is 153 Å². The molecule has 5 aliphatic heterocycles. The van der Waals surface area contributed by atoms with Crippen molar-refractivity contribution in [2.45, 2.75) is 330 Å². The number of hydrogen-bond donors (Lipinski definition) is 5. The Morgan fingerprint density at radius 2 is 0.721 bits per heavy atom. The van der Waals surface area contributed by atoms with Crippen LogP contribution in [0.4, 0.5) is 9.59 Å². The second kappa shape index (κ2) is 57.5. The minimum Gasteiger partial charge on any atom is -0.428 e. The zero-order chi connectivity index (χ0) is 111. The number of Topliss-reactive ketones (excluding diaryl/α,β-unsaturated/α-hetero) is 4. The lowest BCUT2D eigenvalue weighted by atomic mass is 9.85. The highest BCUT2D eigenvalue weighted by Gasteiger charge is 2.48. The van der Waals surface area contributed by atoms with Crippen LogP contribution in [0.2, 0.25) is 72.5 Å². The minimum atomic E-state index is -1.93. The number of thiazole rings is 5. The van der Waals surface area contributed by atoms with Gasteiger partial charge in [0, 0.05) is 60.9 Å². The Kier molecular flexibility index (Phi) is 51.1. The number of ether oxygens (including phenoxy) is 3. The lowest BCUT2D eigenvalue weighted by molar-refractivity contribution is -0.164. The van der Waals surface area contributed by atoms with E-state index in [2.05, 4.69) is 204 Å². The van der Waals surface area contributed by atoms with E-state index in [9.17, 15) is 43.5 Å². The van der Waals surface area contributed by atoms with Gasteiger partial charge in [-0.25, -0.2) is 46.4 Å². The molecule has 818 valence electrons. The number of aromatic nitrogens is 5. The second-order valence-electron chi connectivity index (χ2n) is 43.9. The van der Waals surface area contributed by atoms with Crippen LogP contribution in [0.3, 0.4) is 0 Å². The summed E-state index contributed by atoms with van der Waals surface area (Å²) in [7, 11) is 2.74. The van der Waals surface area contributed by atoms with Crippen molar-refractivity contribution in [1.82, 2.24) is 76.2 Å². The van der Waals surface area contributed by atoms with Gasteiger partial charge in [-0.15, -0.1) is 89.6 Å². The van der Waals surface area contributed by atoms with Gasteiger partial charge in [-0.2, -0.15) is 25.7 Å². The van der Waals surface area contributed by atoms with Crippen LogP contribution in [0.25, 0.3) is 4.85 Å². The van der Waals surface area contributed by atoms with Crippen LogP contribution in [-0.4, -0.2) is 261 Å². The molecule has 48 heteroatoms. The third-order valence-electron chi connectivity index (χ3n) is 26.0. The Bertz CT molecular complexity index is 5220. The van der Waals surface area contributed by atoms with Crippen molar-refractivity contribution in [3.8, 4) is 0 Å². The van der Waals surface area contributed by atoms with Crippen molar-refractivity contribution in [1.29, 1.82) is 0 Å². The summed E-state index contributed by atoms with van der Waals surface area (Å²) in [4.78, 5) is 157. The van der Waals surface area contributed by atoms with Gasteiger partial charge in [0.2, 0.25) is 0 Å². The van der Waals surface area contributed by atoms with Gasteiger partial charge in [0.15, 0.2) is 62.1 Å². The maximum Gasteiger partial charge on any atom is 0.519 e. The van der Waals surface area contributed by atoms with E-state index in [0.717, 1.165) is 55.8 Å². The Balaban J connectivity index is 0.000000314. The first-order chi connectivity index (χ1) is 68.1. The number of fused-ring (bicyclic) bond motifs is 5. The van der Waals surface area contributed by atoms with Crippen LogP contribution in [0.5, 0.6) is 0 Å². The number of likely N-dealkylation sites (N-methyl/N-ethyl adjacent to an activating group) is 4. The monoisotopic (exact) mass is 2210 g/mol. The quantitative estimate of drug-likeness (QED) is 0.00354. The van der Waals surface area contributed by atoms with E-state index in [4.69, 9.17) is 77.9 Å². The molecule has 0 aromatic carbocycles. The van der Waals surface area contributed by atoms with Crippen molar-refractivity contribution in [2.24, 2.45) is 0 Å². The molecule has 0 bridgehead atoms. The van der Waals surface area contributed by atoms with E-state index >= 15 is 0 Å². The number of aliphatic hydroxyl groups is 1. The predicted octanol–water partition coefficient (Wildman–Crippen LogP) is 18.8. The number of aliphatic hydroxyl groups excluding tert-OH is 1. The molecule has 2 radical (unpaired) electrons. The number of hydrogen-bond acceptors (Lipinski definition) is 41. The zero-order valence-electron chi connectivity index (χ0n) is 93.1. The van der Waals surface area contributed by atoms with Gasteiger partial charge in [0.05, 0.1) is 156 Å². The molecule has 0 saturated carbocycles. The number of carbonyl (C=O) groups excluding carboxylic acids is 8. The van der Waals surface area contributed by atoms with Crippen LogP contribution in [0, 0.1) is 6.57 Å². The van der Waals surface area contributed by atoms with E-state index in [0.29, 0.717) is 127 Å². The Morgan fingerprint density at radius 1 is 0.435 bits per heavy atom. The summed E-state index contributed by atoms with van der Waals surface area (Å²) in [6, 6.07) is -2.28. The van der Waals surface area contributed by atoms with Crippen LogP contribution in [0.15, 0.2) is 63.3 Å². The number of rotatable bonds is 41. The summed E-state index contributed by atoms with van der Waals surface area (Å²) < 4.78 is 39.1. The maximum atomic E-state index is 12.5. The highest BCUT2D eigenvalue weighted by atomic mass is 32.1. The zero-order valence-corrected chi connectivity index (χ0v) is 101. The Labute approximate surface area is 898 Å². The third-order valence-corrected chi connectivity index (χ3v) is 49.6. The molecule has 37 nitrogen and oxygen atoms in total. The summed E-state index contributed by atoms with van der Waals surface area (Å²) in [5.41, 5.74) is 5.30. The molecule has 0 aliphatic carbocycles. The average Bonchev–Trinajstić information content (AvgIpc) is 1.60. The molecule has 5 aliphatic rings. The minimum absolute atomic E-state index is 0.00895. The van der Waals surface area contributed by atoms with Crippen molar-refractivity contribution in [3.63, 3.8) is 0 Å². The Hall–Kier alpha value is -6.70. The SMILES string of the molecule is C=CCON(C)C1CN([B]C=O)C(C(C)=O)c2nc(CO[Si](C)(C)C(C)(C)C)sc21.C=CCON(C)C1CNC(C(C)=O)c2nc(CO)sc21.C=CCON(C)C1CNC(C(C)=O)c2nc(CO[Si](C)(C)C(C)(C)C)sc21.C=CCONC1CN([B]C=O)C(C(C)=O)c2nc(CO[Si](C)(C)C(C)(C)C)sc21.CC(C)(C)OC(=O)OC(=O)OC(C)(C)C.[C-]#[N+]C1NCC(N(C)OCC=C)c2sc(CO[Si](C)(C)C(C)(C)C)nc21. The molecule has 0 amide bonds. The average molecular weight is 2210 g/mol. The molecule has 10 atom stereocenters. The molecule has 10 rings (SSSR count). The largest absolute Gasteiger partial charge is 0.519 e. The maximum absolute atomic E-state index is 12.5. The first-order valence-electron chi connectivity index (χ1n) is 48.9. The molecule has 0 saturated heterocycles. The fraction of sp³-hybridized carbons (Fsp3) is 0.657. The van der Waals surface area contributed by atoms with Crippen LogP contribution in [-0.2, 0) is 118 Å². The fourth-order valence-electron chi connectivity index (χ4n) is 13.9. The van der Waals surface area contributed by atoms with Gasteiger partial charge < -0.3 is 66.9 Å². The van der Waals surface area contributed by atoms with Gasteiger partial charge in [-0.1, -0.05) is 113 Å². The molecular formula is C99H164B2N16O21S5Si4. The molecule has 10 heterocycles. The molecule has 10 unspecified atom stereocenters. The van der Waals surface area contributed by atoms with Crippen molar-refractivity contribution < 1.29 is 99.6 Å². The molecule has 5 N–H and O–H groups in total. The van der Waals surface area contributed by atoms with Gasteiger partial charge in [0.25, 0.3) is 14.8 Å². The first-order valence-corrected chi connectivity index (χ1v) is 64.6. The number of nitrogens with zero attached hydrogens (tertiary/aromatic N) is 12. The van der Waals surface area contributed by atoms with Gasteiger partial charge in [-0.3, -0.25) is 48.2 Å². The normalized spacial score (nSPS) is 19.7. The topological polar surface area (TPSA) is 404 Å².